The number of allylic oxidation sites excluding steroid dienone is 3. The van der Waals surface area contributed by atoms with E-state index in [1.54, 1.807) is 6.08 Å². The zero-order chi connectivity index (χ0) is 63.1. The van der Waals surface area contributed by atoms with E-state index in [1.807, 2.05) is 6.08 Å². The number of nitrogens with one attached hydrogen (secondary N) is 1. The Morgan fingerprint density at radius 3 is 1.11 bits per heavy atom. The molecule has 0 saturated carbocycles. The lowest BCUT2D eigenvalue weighted by Crippen LogP contribution is -2.61. The number of aliphatic hydroxyl groups excluding tert-OH is 5. The summed E-state index contributed by atoms with van der Waals surface area (Å²) in [7, 11) is 0. The van der Waals surface area contributed by atoms with Crippen LogP contribution in [0.15, 0.2) is 24.3 Å². The van der Waals surface area contributed by atoms with Gasteiger partial charge in [0.15, 0.2) is 12.4 Å². The molecule has 514 valence electrons. The summed E-state index contributed by atoms with van der Waals surface area (Å²) in [4.78, 5) is 26.7. The van der Waals surface area contributed by atoms with Crippen molar-refractivity contribution in [2.75, 3.05) is 13.2 Å². The van der Waals surface area contributed by atoms with Gasteiger partial charge in [0.2, 0.25) is 5.91 Å². The van der Waals surface area contributed by atoms with Crippen LogP contribution in [0.5, 0.6) is 0 Å². The molecule has 1 aliphatic rings. The van der Waals surface area contributed by atoms with Gasteiger partial charge in [-0.1, -0.05) is 353 Å². The molecule has 1 aliphatic heterocycles. The summed E-state index contributed by atoms with van der Waals surface area (Å²) in [6.07, 6.45) is 68.1. The highest BCUT2D eigenvalue weighted by Crippen LogP contribution is 2.27. The van der Waals surface area contributed by atoms with Crippen molar-refractivity contribution in [3.63, 3.8) is 0 Å². The van der Waals surface area contributed by atoms with Crippen LogP contribution in [0.4, 0.5) is 0 Å². The topological polar surface area (TPSA) is 175 Å². The molecule has 0 bridgehead atoms. The molecule has 11 heteroatoms. The minimum Gasteiger partial charge on any atom is -0.454 e. The molecule has 0 spiro atoms. The Hall–Kier alpha value is -1.86. The van der Waals surface area contributed by atoms with E-state index >= 15 is 0 Å². The van der Waals surface area contributed by atoms with Gasteiger partial charge in [0.05, 0.1) is 25.4 Å². The van der Waals surface area contributed by atoms with Gasteiger partial charge in [-0.2, -0.15) is 0 Å². The minimum absolute atomic E-state index is 0.130. The first-order valence-electron chi connectivity index (χ1n) is 38.1. The first-order chi connectivity index (χ1) is 42.7. The maximum Gasteiger partial charge on any atom is 0.306 e. The van der Waals surface area contributed by atoms with Crippen molar-refractivity contribution in [2.24, 2.45) is 0 Å². The first-order valence-corrected chi connectivity index (χ1v) is 38.1. The Labute approximate surface area is 537 Å². The smallest absolute Gasteiger partial charge is 0.306 e. The van der Waals surface area contributed by atoms with Gasteiger partial charge >= 0.3 is 5.97 Å². The SMILES string of the molecule is CCCCCCCC/C=C/CCCCCCCCCCCCCCCCCCCC(=O)OC1C(OCC(NC(=O)C(O)CCCCCCCCCCCCCCCCCCCCCC)C(O)/C=C/CCCCCCCCCCC)OC(CO)C(O)C1O. The fourth-order valence-corrected chi connectivity index (χ4v) is 12.4. The molecule has 1 amide bonds. The predicted octanol–water partition coefficient (Wildman–Crippen LogP) is 20.0. The highest BCUT2D eigenvalue weighted by Gasteiger charge is 2.47. The number of hydrogen-bond acceptors (Lipinski definition) is 10. The summed E-state index contributed by atoms with van der Waals surface area (Å²) in [6.45, 7) is 5.85. The molecule has 1 heterocycles. The second-order valence-corrected chi connectivity index (χ2v) is 26.7. The highest BCUT2D eigenvalue weighted by atomic mass is 16.7. The number of unbranched alkanes of at least 4 members (excludes halogenated alkanes) is 51. The van der Waals surface area contributed by atoms with E-state index in [9.17, 15) is 35.1 Å². The minimum atomic E-state index is -1.61. The van der Waals surface area contributed by atoms with Crippen LogP contribution in [0, 0.1) is 0 Å². The van der Waals surface area contributed by atoms with E-state index in [0.29, 0.717) is 19.3 Å². The van der Waals surface area contributed by atoms with Crippen LogP contribution in [0.2, 0.25) is 0 Å². The number of aliphatic hydroxyl groups is 5. The van der Waals surface area contributed by atoms with Crippen LogP contribution in [-0.2, 0) is 23.8 Å². The van der Waals surface area contributed by atoms with Gasteiger partial charge in [-0.15, -0.1) is 0 Å². The fourth-order valence-electron chi connectivity index (χ4n) is 12.4. The van der Waals surface area contributed by atoms with Gasteiger partial charge in [-0.3, -0.25) is 9.59 Å². The normalized spacial score (nSPS) is 18.3. The third-order valence-corrected chi connectivity index (χ3v) is 18.4. The molecule has 8 atom stereocenters. The molecule has 0 aromatic heterocycles. The van der Waals surface area contributed by atoms with Crippen LogP contribution in [0.25, 0.3) is 0 Å². The zero-order valence-corrected chi connectivity index (χ0v) is 57.4. The molecular formula is C76H145NO10. The Morgan fingerprint density at radius 2 is 0.759 bits per heavy atom. The molecule has 1 saturated heterocycles. The number of esters is 1. The monoisotopic (exact) mass is 1230 g/mol. The molecule has 0 radical (unpaired) electrons. The van der Waals surface area contributed by atoms with Crippen molar-refractivity contribution in [1.29, 1.82) is 0 Å². The first kappa shape index (κ1) is 83.2. The van der Waals surface area contributed by atoms with Crippen LogP contribution in [0.3, 0.4) is 0 Å². The van der Waals surface area contributed by atoms with Gasteiger partial charge < -0.3 is 45.1 Å². The van der Waals surface area contributed by atoms with E-state index in [-0.39, 0.29) is 13.0 Å². The van der Waals surface area contributed by atoms with E-state index in [0.717, 1.165) is 57.8 Å². The fraction of sp³-hybridized carbons (Fsp3) is 0.921. The second kappa shape index (κ2) is 64.3. The lowest BCUT2D eigenvalue weighted by atomic mass is 9.99. The van der Waals surface area contributed by atoms with Crippen molar-refractivity contribution in [1.82, 2.24) is 5.32 Å². The molecule has 1 fully saturated rings. The van der Waals surface area contributed by atoms with E-state index < -0.39 is 67.4 Å². The molecule has 6 N–H and O–H groups in total. The summed E-state index contributed by atoms with van der Waals surface area (Å²) in [6, 6.07) is -1.02. The summed E-state index contributed by atoms with van der Waals surface area (Å²) >= 11 is 0. The number of amides is 1. The van der Waals surface area contributed by atoms with E-state index in [4.69, 9.17) is 14.2 Å². The summed E-state index contributed by atoms with van der Waals surface area (Å²) < 4.78 is 17.7. The predicted molar refractivity (Wildman–Crippen MR) is 366 cm³/mol. The van der Waals surface area contributed by atoms with Crippen molar-refractivity contribution in [3.8, 4) is 0 Å². The quantitative estimate of drug-likeness (QED) is 0.0195. The third-order valence-electron chi connectivity index (χ3n) is 18.4. The molecule has 0 aromatic carbocycles. The van der Waals surface area contributed by atoms with Crippen LogP contribution >= 0.6 is 0 Å². The Bertz CT molecular complexity index is 1510. The summed E-state index contributed by atoms with van der Waals surface area (Å²) in [5.74, 6) is -1.17. The largest absolute Gasteiger partial charge is 0.454 e. The van der Waals surface area contributed by atoms with Gasteiger partial charge in [0, 0.05) is 6.42 Å². The molecule has 0 aliphatic carbocycles. The number of hydrogen-bond donors (Lipinski definition) is 6. The summed E-state index contributed by atoms with van der Waals surface area (Å²) in [5, 5.41) is 57.3. The maximum absolute atomic E-state index is 13.5. The van der Waals surface area contributed by atoms with Crippen molar-refractivity contribution < 1.29 is 49.3 Å². The standard InChI is InChI=1S/C76H145NO10/c1-4-7-10-13-16-19-22-24-26-28-30-32-33-34-35-36-37-38-40-42-44-46-49-52-55-58-61-64-71(81)87-74-73(83)72(82)70(65-78)86-76(74)85-66-67(68(79)62-59-56-53-50-47-21-18-15-12-9-6-3)77-75(84)69(80)63-60-57-54-51-48-45-43-41-39-31-29-27-25-23-20-17-14-11-8-5-2/h24,26,59,62,67-70,72-74,76,78-80,82-83H,4-23,25,27-58,60-61,63-66H2,1-3H3,(H,77,84)/b26-24+,62-59+. The Kier molecular flexibility index (Phi) is 61.4. The third kappa shape index (κ3) is 51.4. The average molecular weight is 1230 g/mol. The molecule has 0 aromatic rings. The number of ether oxygens (including phenoxy) is 3. The van der Waals surface area contributed by atoms with Gasteiger partial charge in [-0.05, 0) is 51.4 Å². The lowest BCUT2D eigenvalue weighted by Gasteiger charge is -2.41. The maximum atomic E-state index is 13.5. The number of rotatable bonds is 67. The Balaban J connectivity index is 2.48. The highest BCUT2D eigenvalue weighted by molar-refractivity contribution is 5.80. The lowest BCUT2D eigenvalue weighted by molar-refractivity contribution is -0.305. The zero-order valence-electron chi connectivity index (χ0n) is 57.4. The Morgan fingerprint density at radius 1 is 0.437 bits per heavy atom. The van der Waals surface area contributed by atoms with Gasteiger partial charge in [-0.25, -0.2) is 0 Å². The van der Waals surface area contributed by atoms with Crippen molar-refractivity contribution >= 4 is 11.9 Å². The van der Waals surface area contributed by atoms with Crippen LogP contribution in [0.1, 0.15) is 387 Å². The number of carbonyl (C=O) groups is 2. The molecule has 87 heavy (non-hydrogen) atoms. The molecular weight excluding hydrogens is 1090 g/mol. The molecule has 11 nitrogen and oxygen atoms in total. The average Bonchev–Trinajstić information content (AvgIpc) is 2.93. The molecule has 8 unspecified atom stereocenters. The summed E-state index contributed by atoms with van der Waals surface area (Å²) in [5.41, 5.74) is 0. The van der Waals surface area contributed by atoms with Crippen LogP contribution < -0.4 is 5.32 Å². The van der Waals surface area contributed by atoms with Crippen molar-refractivity contribution in [2.45, 2.75) is 436 Å². The van der Waals surface area contributed by atoms with Gasteiger partial charge in [0.1, 0.15) is 24.4 Å². The van der Waals surface area contributed by atoms with Gasteiger partial charge in [0.25, 0.3) is 0 Å². The van der Waals surface area contributed by atoms with E-state index in [1.165, 1.54) is 283 Å². The molecule has 1 rings (SSSR count). The van der Waals surface area contributed by atoms with Crippen LogP contribution in [-0.4, -0.2) is 99.6 Å². The van der Waals surface area contributed by atoms with E-state index in [2.05, 4.69) is 38.2 Å². The number of carbonyl (C=O) groups excluding carboxylic acids is 2. The van der Waals surface area contributed by atoms with Crippen molar-refractivity contribution in [3.05, 3.63) is 24.3 Å². The second-order valence-electron chi connectivity index (χ2n) is 26.7.